The van der Waals surface area contributed by atoms with Gasteiger partial charge in [-0.2, -0.15) is 0 Å². The van der Waals surface area contributed by atoms with E-state index < -0.39 is 0 Å². The lowest BCUT2D eigenvalue weighted by atomic mass is 10.1. The summed E-state index contributed by atoms with van der Waals surface area (Å²) in [4.78, 5) is 12.6. The highest BCUT2D eigenvalue weighted by atomic mass is 32.2. The first kappa shape index (κ1) is 14.8. The Bertz CT molecular complexity index is 412. The topological polar surface area (TPSA) is 29.1 Å². The number of carbonyl (C=O) groups is 1. The molecule has 0 spiro atoms. The van der Waals surface area contributed by atoms with Gasteiger partial charge in [0.05, 0.1) is 0 Å². The van der Waals surface area contributed by atoms with E-state index in [1.807, 2.05) is 30.0 Å². The van der Waals surface area contributed by atoms with Crippen molar-refractivity contribution in [1.29, 1.82) is 0 Å². The van der Waals surface area contributed by atoms with Crippen molar-refractivity contribution in [2.75, 3.05) is 6.54 Å². The van der Waals surface area contributed by atoms with Crippen LogP contribution in [-0.2, 0) is 4.79 Å². The zero-order valence-electron chi connectivity index (χ0n) is 11.3. The van der Waals surface area contributed by atoms with Gasteiger partial charge in [-0.15, -0.1) is 11.8 Å². The van der Waals surface area contributed by atoms with Crippen LogP contribution in [0.2, 0.25) is 0 Å². The van der Waals surface area contributed by atoms with Gasteiger partial charge in [-0.25, -0.2) is 0 Å². The van der Waals surface area contributed by atoms with E-state index in [9.17, 15) is 4.79 Å². The standard InChI is InChI=1S/C15H21NOS/c1-12(2)14(17)16-11-10-15(3,4)18-13-8-6-5-7-9-13/h5-9H,1,10-11H2,2-4H3,(H,16,17). The molecule has 18 heavy (non-hydrogen) atoms. The zero-order chi connectivity index (χ0) is 13.6. The SMILES string of the molecule is C=C(C)C(=O)NCCC(C)(C)Sc1ccccc1. The summed E-state index contributed by atoms with van der Waals surface area (Å²) in [5, 5.41) is 2.87. The van der Waals surface area contributed by atoms with E-state index in [-0.39, 0.29) is 10.7 Å². The molecule has 98 valence electrons. The maximum absolute atomic E-state index is 11.4. The number of nitrogens with one attached hydrogen (secondary N) is 1. The number of carbonyl (C=O) groups excluding carboxylic acids is 1. The normalized spacial score (nSPS) is 11.1. The monoisotopic (exact) mass is 263 g/mol. The molecule has 0 saturated carbocycles. The van der Waals surface area contributed by atoms with Gasteiger partial charge in [0.15, 0.2) is 0 Å². The second kappa shape index (κ2) is 6.64. The average molecular weight is 263 g/mol. The quantitative estimate of drug-likeness (QED) is 0.627. The van der Waals surface area contributed by atoms with E-state index in [0.29, 0.717) is 12.1 Å². The van der Waals surface area contributed by atoms with Crippen LogP contribution in [0.1, 0.15) is 27.2 Å². The van der Waals surface area contributed by atoms with Gasteiger partial charge in [0.1, 0.15) is 0 Å². The molecule has 1 aromatic carbocycles. The first-order chi connectivity index (χ1) is 8.41. The van der Waals surface area contributed by atoms with E-state index in [4.69, 9.17) is 0 Å². The molecule has 2 nitrogen and oxygen atoms in total. The Morgan fingerprint density at radius 2 is 1.94 bits per heavy atom. The molecule has 0 aromatic heterocycles. The molecule has 0 radical (unpaired) electrons. The lowest BCUT2D eigenvalue weighted by Gasteiger charge is -2.24. The molecule has 1 amide bonds. The maximum Gasteiger partial charge on any atom is 0.246 e. The first-order valence-electron chi connectivity index (χ1n) is 6.08. The van der Waals surface area contributed by atoms with Gasteiger partial charge in [0.2, 0.25) is 5.91 Å². The maximum atomic E-state index is 11.4. The van der Waals surface area contributed by atoms with Gasteiger partial charge >= 0.3 is 0 Å². The van der Waals surface area contributed by atoms with Gasteiger partial charge in [-0.1, -0.05) is 38.6 Å². The summed E-state index contributed by atoms with van der Waals surface area (Å²) in [6.07, 6.45) is 0.922. The Morgan fingerprint density at radius 1 is 1.33 bits per heavy atom. The van der Waals surface area contributed by atoms with Crippen molar-refractivity contribution in [3.05, 3.63) is 42.5 Å². The first-order valence-corrected chi connectivity index (χ1v) is 6.90. The summed E-state index contributed by atoms with van der Waals surface area (Å²) >= 11 is 1.83. The highest BCUT2D eigenvalue weighted by Gasteiger charge is 2.19. The van der Waals surface area contributed by atoms with Crippen molar-refractivity contribution in [3.8, 4) is 0 Å². The van der Waals surface area contributed by atoms with Crippen LogP contribution in [0.4, 0.5) is 0 Å². The highest BCUT2D eigenvalue weighted by Crippen LogP contribution is 2.34. The predicted octanol–water partition coefficient (Wildman–Crippen LogP) is 3.64. The fraction of sp³-hybridized carbons (Fsp3) is 0.400. The third-order valence-electron chi connectivity index (χ3n) is 2.54. The third-order valence-corrected chi connectivity index (χ3v) is 3.80. The van der Waals surface area contributed by atoms with Gasteiger partial charge in [0.25, 0.3) is 0 Å². The summed E-state index contributed by atoms with van der Waals surface area (Å²) < 4.78 is 0.101. The van der Waals surface area contributed by atoms with Crippen LogP contribution in [0.5, 0.6) is 0 Å². The predicted molar refractivity (Wildman–Crippen MR) is 78.8 cm³/mol. The molecule has 0 heterocycles. The average Bonchev–Trinajstić information content (AvgIpc) is 2.29. The summed E-state index contributed by atoms with van der Waals surface area (Å²) in [6.45, 7) is 10.4. The lowest BCUT2D eigenvalue weighted by Crippen LogP contribution is -2.29. The van der Waals surface area contributed by atoms with Crippen molar-refractivity contribution >= 4 is 17.7 Å². The van der Waals surface area contributed by atoms with E-state index in [1.54, 1.807) is 6.92 Å². The number of rotatable bonds is 6. The van der Waals surface area contributed by atoms with Crippen molar-refractivity contribution in [1.82, 2.24) is 5.32 Å². The Hall–Kier alpha value is -1.22. The lowest BCUT2D eigenvalue weighted by molar-refractivity contribution is -0.117. The molecular weight excluding hydrogens is 242 g/mol. The van der Waals surface area contributed by atoms with Crippen molar-refractivity contribution in [2.24, 2.45) is 0 Å². The summed E-state index contributed by atoms with van der Waals surface area (Å²) in [5.74, 6) is -0.0597. The van der Waals surface area contributed by atoms with Gasteiger partial charge in [-0.3, -0.25) is 4.79 Å². The summed E-state index contributed by atoms with van der Waals surface area (Å²) in [6, 6.07) is 10.3. The molecule has 1 N–H and O–H groups in total. The Morgan fingerprint density at radius 3 is 2.50 bits per heavy atom. The molecule has 0 unspecified atom stereocenters. The highest BCUT2D eigenvalue weighted by molar-refractivity contribution is 8.00. The fourth-order valence-electron chi connectivity index (χ4n) is 1.49. The fourth-order valence-corrected chi connectivity index (χ4v) is 2.62. The van der Waals surface area contributed by atoms with Crippen LogP contribution < -0.4 is 5.32 Å². The Kier molecular flexibility index (Phi) is 5.48. The van der Waals surface area contributed by atoms with E-state index in [2.05, 4.69) is 37.9 Å². The molecule has 0 aliphatic heterocycles. The van der Waals surface area contributed by atoms with Gasteiger partial charge < -0.3 is 5.32 Å². The minimum atomic E-state index is -0.0597. The molecule has 0 bridgehead atoms. The molecule has 1 aromatic rings. The van der Waals surface area contributed by atoms with Crippen LogP contribution in [-0.4, -0.2) is 17.2 Å². The molecule has 0 aliphatic carbocycles. The minimum Gasteiger partial charge on any atom is -0.352 e. The second-order valence-corrected chi connectivity index (χ2v) is 6.74. The van der Waals surface area contributed by atoms with Crippen molar-refractivity contribution in [3.63, 3.8) is 0 Å². The number of benzene rings is 1. The molecule has 3 heteroatoms. The Labute approximate surface area is 114 Å². The van der Waals surface area contributed by atoms with E-state index in [1.165, 1.54) is 4.90 Å². The van der Waals surface area contributed by atoms with E-state index >= 15 is 0 Å². The summed E-state index contributed by atoms with van der Waals surface area (Å²) in [7, 11) is 0. The minimum absolute atomic E-state index is 0.0597. The van der Waals surface area contributed by atoms with Crippen LogP contribution in [0.25, 0.3) is 0 Å². The van der Waals surface area contributed by atoms with Crippen LogP contribution in [0.15, 0.2) is 47.4 Å². The van der Waals surface area contributed by atoms with Crippen molar-refractivity contribution in [2.45, 2.75) is 36.8 Å². The van der Waals surface area contributed by atoms with Crippen LogP contribution in [0, 0.1) is 0 Å². The van der Waals surface area contributed by atoms with Gasteiger partial charge in [-0.05, 0) is 25.5 Å². The smallest absolute Gasteiger partial charge is 0.246 e. The van der Waals surface area contributed by atoms with Crippen LogP contribution >= 0.6 is 11.8 Å². The number of amides is 1. The van der Waals surface area contributed by atoms with Gasteiger partial charge in [0, 0.05) is 21.8 Å². The molecule has 0 atom stereocenters. The number of hydrogen-bond acceptors (Lipinski definition) is 2. The molecular formula is C15H21NOS. The number of thioether (sulfide) groups is 1. The molecule has 1 rings (SSSR count). The van der Waals surface area contributed by atoms with Crippen LogP contribution in [0.3, 0.4) is 0 Å². The van der Waals surface area contributed by atoms with E-state index in [0.717, 1.165) is 6.42 Å². The number of hydrogen-bond donors (Lipinski definition) is 1. The molecule has 0 fully saturated rings. The molecule has 0 aliphatic rings. The van der Waals surface area contributed by atoms with Crippen molar-refractivity contribution < 1.29 is 4.79 Å². The third kappa shape index (κ3) is 5.41. The molecule has 0 saturated heterocycles. The summed E-state index contributed by atoms with van der Waals surface area (Å²) in [5.41, 5.74) is 0.559. The second-order valence-electron chi connectivity index (χ2n) is 4.96. The Balaban J connectivity index is 2.40. The largest absolute Gasteiger partial charge is 0.352 e. The zero-order valence-corrected chi connectivity index (χ0v) is 12.1.